The lowest BCUT2D eigenvalue weighted by molar-refractivity contribution is 0.298. The third-order valence-electron chi connectivity index (χ3n) is 2.35. The summed E-state index contributed by atoms with van der Waals surface area (Å²) < 4.78 is 11.0. The van der Waals surface area contributed by atoms with Gasteiger partial charge in [0.25, 0.3) is 0 Å². The average Bonchev–Trinajstić information content (AvgIpc) is 2.30. The third kappa shape index (κ3) is 4.14. The molecule has 0 aliphatic carbocycles. The van der Waals surface area contributed by atoms with Crippen molar-refractivity contribution in [3.8, 4) is 23.8 Å². The van der Waals surface area contributed by atoms with Crippen molar-refractivity contribution >= 4 is 11.6 Å². The highest BCUT2D eigenvalue weighted by Crippen LogP contribution is 2.35. The lowest BCUT2D eigenvalue weighted by atomic mass is 10.1. The second kappa shape index (κ2) is 7.15. The minimum Gasteiger partial charge on any atom is -0.493 e. The van der Waals surface area contributed by atoms with E-state index in [1.807, 2.05) is 13.0 Å². The Hall–Kier alpha value is -1.37. The molecule has 0 saturated carbocycles. The molecule has 0 aliphatic heterocycles. The lowest BCUT2D eigenvalue weighted by Gasteiger charge is -2.16. The summed E-state index contributed by atoms with van der Waals surface area (Å²) in [5.74, 6) is 3.81. The van der Waals surface area contributed by atoms with Gasteiger partial charge in [-0.3, -0.25) is 0 Å². The summed E-state index contributed by atoms with van der Waals surface area (Å²) in [6.45, 7) is 2.37. The molecule has 4 heteroatoms. The van der Waals surface area contributed by atoms with Gasteiger partial charge in [-0.1, -0.05) is 11.6 Å². The number of hydrogen-bond acceptors (Lipinski definition) is 3. The molecule has 1 unspecified atom stereocenters. The number of ether oxygens (including phenoxy) is 2. The normalized spacial score (nSPS) is 11.7. The molecule has 1 rings (SSSR count). The average molecular weight is 268 g/mol. The molecule has 0 saturated heterocycles. The molecule has 1 atom stereocenters. The first kappa shape index (κ1) is 14.7. The zero-order valence-corrected chi connectivity index (χ0v) is 11.5. The monoisotopic (exact) mass is 267 g/mol. The van der Waals surface area contributed by atoms with E-state index < -0.39 is 0 Å². The molecule has 0 heterocycles. The van der Waals surface area contributed by atoms with E-state index in [-0.39, 0.29) is 6.04 Å². The van der Waals surface area contributed by atoms with Crippen LogP contribution in [0.3, 0.4) is 0 Å². The van der Waals surface area contributed by atoms with Gasteiger partial charge in [0.2, 0.25) is 0 Å². The van der Waals surface area contributed by atoms with Gasteiger partial charge in [-0.2, -0.15) is 0 Å². The van der Waals surface area contributed by atoms with Crippen LogP contribution in [0.5, 0.6) is 11.5 Å². The molecule has 0 bridgehead atoms. The number of halogens is 1. The van der Waals surface area contributed by atoms with Crippen LogP contribution in [-0.2, 0) is 6.42 Å². The maximum absolute atomic E-state index is 6.04. The summed E-state index contributed by atoms with van der Waals surface area (Å²) in [6, 6.07) is 3.58. The van der Waals surface area contributed by atoms with Crippen molar-refractivity contribution in [3.05, 3.63) is 22.7 Å². The minimum absolute atomic E-state index is 0.0168. The number of methoxy groups -OCH3 is 1. The third-order valence-corrected chi connectivity index (χ3v) is 2.57. The topological polar surface area (TPSA) is 44.5 Å². The smallest absolute Gasteiger partial charge is 0.164 e. The van der Waals surface area contributed by atoms with E-state index >= 15 is 0 Å². The predicted molar refractivity (Wildman–Crippen MR) is 74.3 cm³/mol. The number of nitrogens with two attached hydrogens (primary N) is 1. The van der Waals surface area contributed by atoms with E-state index in [1.165, 1.54) is 0 Å². The summed E-state index contributed by atoms with van der Waals surface area (Å²) >= 11 is 6.04. The largest absolute Gasteiger partial charge is 0.493 e. The van der Waals surface area contributed by atoms with Gasteiger partial charge in [0.1, 0.15) is 0 Å². The van der Waals surface area contributed by atoms with Crippen LogP contribution in [0.2, 0.25) is 5.02 Å². The fourth-order valence-electron chi connectivity index (χ4n) is 1.65. The van der Waals surface area contributed by atoms with Crippen molar-refractivity contribution < 1.29 is 9.47 Å². The van der Waals surface area contributed by atoms with E-state index in [9.17, 15) is 0 Å². The van der Waals surface area contributed by atoms with Gasteiger partial charge >= 0.3 is 0 Å². The molecule has 0 aliphatic rings. The Morgan fingerprint density at radius 3 is 2.78 bits per heavy atom. The SMILES string of the molecule is C#CCCOc1c(CC(C)N)cc(Cl)cc1OC. The van der Waals surface area contributed by atoms with Gasteiger partial charge in [0.15, 0.2) is 11.5 Å². The molecule has 0 aromatic heterocycles. The van der Waals surface area contributed by atoms with E-state index in [2.05, 4.69) is 5.92 Å². The summed E-state index contributed by atoms with van der Waals surface area (Å²) in [7, 11) is 1.58. The maximum Gasteiger partial charge on any atom is 0.164 e. The highest BCUT2D eigenvalue weighted by Gasteiger charge is 2.14. The van der Waals surface area contributed by atoms with E-state index in [4.69, 9.17) is 33.2 Å². The molecule has 0 radical (unpaired) electrons. The Balaban J connectivity index is 3.04. The highest BCUT2D eigenvalue weighted by atomic mass is 35.5. The van der Waals surface area contributed by atoms with Crippen molar-refractivity contribution in [1.29, 1.82) is 0 Å². The van der Waals surface area contributed by atoms with Crippen LogP contribution in [-0.4, -0.2) is 19.8 Å². The Bertz CT molecular complexity index is 438. The molecule has 18 heavy (non-hydrogen) atoms. The van der Waals surface area contributed by atoms with Gasteiger partial charge in [0, 0.05) is 29.1 Å². The molecule has 2 N–H and O–H groups in total. The highest BCUT2D eigenvalue weighted by molar-refractivity contribution is 6.30. The first-order valence-corrected chi connectivity index (χ1v) is 6.14. The van der Waals surface area contributed by atoms with Crippen LogP contribution in [0, 0.1) is 12.3 Å². The number of rotatable bonds is 6. The zero-order chi connectivity index (χ0) is 13.5. The van der Waals surface area contributed by atoms with Gasteiger partial charge in [-0.25, -0.2) is 0 Å². The molecular weight excluding hydrogens is 250 g/mol. The Morgan fingerprint density at radius 1 is 1.50 bits per heavy atom. The van der Waals surface area contributed by atoms with Crippen molar-refractivity contribution in [2.75, 3.05) is 13.7 Å². The molecule has 0 spiro atoms. The summed E-state index contributed by atoms with van der Waals surface area (Å²) in [6.07, 6.45) is 6.42. The molecule has 1 aromatic rings. The van der Waals surface area contributed by atoms with Crippen molar-refractivity contribution in [1.82, 2.24) is 0 Å². The Labute approximate surface area is 113 Å². The first-order valence-electron chi connectivity index (χ1n) is 5.76. The zero-order valence-electron chi connectivity index (χ0n) is 10.7. The second-order valence-corrected chi connectivity index (χ2v) is 4.52. The standard InChI is InChI=1S/C14H18ClNO2/c1-4-5-6-18-14-11(7-10(2)16)8-12(15)9-13(14)17-3/h1,8-10H,5-7,16H2,2-3H3. The first-order chi connectivity index (χ1) is 8.58. The van der Waals surface area contributed by atoms with Gasteiger partial charge < -0.3 is 15.2 Å². The number of benzene rings is 1. The number of terminal acetylenes is 1. The lowest BCUT2D eigenvalue weighted by Crippen LogP contribution is -2.18. The van der Waals surface area contributed by atoms with Crippen molar-refractivity contribution in [2.45, 2.75) is 25.8 Å². The second-order valence-electron chi connectivity index (χ2n) is 4.08. The minimum atomic E-state index is 0.0168. The molecule has 0 amide bonds. The van der Waals surface area contributed by atoms with Crippen LogP contribution in [0.25, 0.3) is 0 Å². The van der Waals surface area contributed by atoms with E-state index in [0.717, 1.165) is 5.56 Å². The van der Waals surface area contributed by atoms with Crippen LogP contribution >= 0.6 is 11.6 Å². The fraction of sp³-hybridized carbons (Fsp3) is 0.429. The fourth-order valence-corrected chi connectivity index (χ4v) is 1.88. The molecule has 3 nitrogen and oxygen atoms in total. The van der Waals surface area contributed by atoms with Crippen LogP contribution in [0.1, 0.15) is 18.9 Å². The molecular formula is C14H18ClNO2. The van der Waals surface area contributed by atoms with Gasteiger partial charge in [-0.05, 0) is 19.4 Å². The Morgan fingerprint density at radius 2 is 2.22 bits per heavy atom. The van der Waals surface area contributed by atoms with Crippen molar-refractivity contribution in [2.24, 2.45) is 5.73 Å². The summed E-state index contributed by atoms with van der Waals surface area (Å²) in [5, 5.41) is 0.604. The Kier molecular flexibility index (Phi) is 5.84. The van der Waals surface area contributed by atoms with Crippen molar-refractivity contribution in [3.63, 3.8) is 0 Å². The predicted octanol–water partition coefficient (Wildman–Crippen LogP) is 2.64. The summed E-state index contributed by atoms with van der Waals surface area (Å²) in [5.41, 5.74) is 6.75. The van der Waals surface area contributed by atoms with Crippen LogP contribution in [0.4, 0.5) is 0 Å². The molecule has 0 fully saturated rings. The number of hydrogen-bond donors (Lipinski definition) is 1. The van der Waals surface area contributed by atoms with E-state index in [1.54, 1.807) is 13.2 Å². The quantitative estimate of drug-likeness (QED) is 0.637. The van der Waals surface area contributed by atoms with Gasteiger partial charge in [-0.15, -0.1) is 12.3 Å². The van der Waals surface area contributed by atoms with Crippen LogP contribution in [0.15, 0.2) is 12.1 Å². The van der Waals surface area contributed by atoms with Gasteiger partial charge in [0.05, 0.1) is 13.7 Å². The maximum atomic E-state index is 6.04. The molecule has 1 aromatic carbocycles. The van der Waals surface area contributed by atoms with E-state index in [0.29, 0.717) is 36.0 Å². The molecule has 98 valence electrons. The van der Waals surface area contributed by atoms with Crippen LogP contribution < -0.4 is 15.2 Å². The summed E-state index contributed by atoms with van der Waals surface area (Å²) in [4.78, 5) is 0.